The molecule has 0 bridgehead atoms. The summed E-state index contributed by atoms with van der Waals surface area (Å²) in [5.74, 6) is -0.0686. The van der Waals surface area contributed by atoms with E-state index in [1.165, 1.54) is 0 Å². The van der Waals surface area contributed by atoms with Crippen LogP contribution in [0.25, 0.3) is 0 Å². The molecule has 0 radical (unpaired) electrons. The van der Waals surface area contributed by atoms with Gasteiger partial charge in [0.05, 0.1) is 6.54 Å². The summed E-state index contributed by atoms with van der Waals surface area (Å²) in [4.78, 5) is 24.4. The summed E-state index contributed by atoms with van der Waals surface area (Å²) in [6.07, 6.45) is 1.78. The van der Waals surface area contributed by atoms with Crippen molar-refractivity contribution in [3.05, 3.63) is 0 Å². The highest BCUT2D eigenvalue weighted by Gasteiger charge is 2.29. The number of nitrogens with zero attached hydrogens (tertiary/aromatic N) is 1. The molecule has 1 heterocycles. The maximum Gasteiger partial charge on any atom is 0.242 e. The molecule has 2 amide bonds. The van der Waals surface area contributed by atoms with Crippen molar-refractivity contribution in [2.45, 2.75) is 25.8 Å². The minimum absolute atomic E-state index is 0.000447. The SMILES string of the molecule is COCCCCN1C(=O)CNC(=O)C1C. The third-order valence-corrected chi connectivity index (χ3v) is 2.58. The Morgan fingerprint density at radius 2 is 2.20 bits per heavy atom. The van der Waals surface area contributed by atoms with Crippen LogP contribution in [0.3, 0.4) is 0 Å². The Balaban J connectivity index is 2.36. The number of nitrogens with one attached hydrogen (secondary N) is 1. The molecule has 1 atom stereocenters. The summed E-state index contributed by atoms with van der Waals surface area (Å²) in [5.41, 5.74) is 0. The number of hydrogen-bond acceptors (Lipinski definition) is 3. The molecule has 1 rings (SSSR count). The van der Waals surface area contributed by atoms with Gasteiger partial charge in [0.25, 0.3) is 0 Å². The van der Waals surface area contributed by atoms with Gasteiger partial charge >= 0.3 is 0 Å². The lowest BCUT2D eigenvalue weighted by Crippen LogP contribution is -2.57. The Kier molecular flexibility index (Phi) is 4.55. The minimum Gasteiger partial charge on any atom is -0.385 e. The highest BCUT2D eigenvalue weighted by atomic mass is 16.5. The number of unbranched alkanes of at least 4 members (excludes halogenated alkanes) is 1. The van der Waals surface area contributed by atoms with E-state index in [2.05, 4.69) is 5.32 Å². The third kappa shape index (κ3) is 3.20. The van der Waals surface area contributed by atoms with Crippen LogP contribution in [0.5, 0.6) is 0 Å². The molecule has 1 saturated heterocycles. The number of hydrogen-bond donors (Lipinski definition) is 1. The average Bonchev–Trinajstić information content (AvgIpc) is 2.23. The van der Waals surface area contributed by atoms with Gasteiger partial charge in [0, 0.05) is 20.3 Å². The van der Waals surface area contributed by atoms with Gasteiger partial charge in [0.15, 0.2) is 0 Å². The summed E-state index contributed by atoms with van der Waals surface area (Å²) in [6.45, 7) is 3.22. The van der Waals surface area contributed by atoms with Crippen molar-refractivity contribution in [3.8, 4) is 0 Å². The zero-order valence-electron chi connectivity index (χ0n) is 9.28. The molecule has 15 heavy (non-hydrogen) atoms. The van der Waals surface area contributed by atoms with E-state index in [0.29, 0.717) is 13.2 Å². The molecule has 0 aromatic heterocycles. The Bertz CT molecular complexity index is 243. The Hall–Kier alpha value is -1.10. The number of piperazine rings is 1. The Labute approximate surface area is 89.8 Å². The second kappa shape index (κ2) is 5.70. The maximum absolute atomic E-state index is 11.5. The van der Waals surface area contributed by atoms with Crippen LogP contribution in [0.2, 0.25) is 0 Å². The first-order valence-electron chi connectivity index (χ1n) is 5.23. The second-order valence-corrected chi connectivity index (χ2v) is 3.68. The van der Waals surface area contributed by atoms with E-state index in [9.17, 15) is 9.59 Å². The van der Waals surface area contributed by atoms with E-state index >= 15 is 0 Å². The lowest BCUT2D eigenvalue weighted by molar-refractivity contribution is -0.144. The number of methoxy groups -OCH3 is 1. The highest BCUT2D eigenvalue weighted by Crippen LogP contribution is 2.06. The lowest BCUT2D eigenvalue weighted by atomic mass is 10.2. The van der Waals surface area contributed by atoms with Crippen molar-refractivity contribution >= 4 is 11.8 Å². The fourth-order valence-corrected chi connectivity index (χ4v) is 1.62. The summed E-state index contributed by atoms with van der Waals surface area (Å²) >= 11 is 0. The number of rotatable bonds is 5. The maximum atomic E-state index is 11.5. The monoisotopic (exact) mass is 214 g/mol. The number of carbonyl (C=O) groups excluding carboxylic acids is 2. The van der Waals surface area contributed by atoms with Crippen molar-refractivity contribution in [3.63, 3.8) is 0 Å². The van der Waals surface area contributed by atoms with E-state index < -0.39 is 0 Å². The van der Waals surface area contributed by atoms with Gasteiger partial charge in [-0.3, -0.25) is 9.59 Å². The van der Waals surface area contributed by atoms with Gasteiger partial charge in [-0.15, -0.1) is 0 Å². The van der Waals surface area contributed by atoms with Gasteiger partial charge in [0.2, 0.25) is 11.8 Å². The van der Waals surface area contributed by atoms with Crippen LogP contribution in [0.1, 0.15) is 19.8 Å². The van der Waals surface area contributed by atoms with Gasteiger partial charge in [-0.1, -0.05) is 0 Å². The topological polar surface area (TPSA) is 58.6 Å². The van der Waals surface area contributed by atoms with Crippen LogP contribution in [0.4, 0.5) is 0 Å². The predicted octanol–water partition coefficient (Wildman–Crippen LogP) is -0.240. The van der Waals surface area contributed by atoms with Crippen molar-refractivity contribution in [1.29, 1.82) is 0 Å². The molecule has 1 unspecified atom stereocenters. The number of carbonyl (C=O) groups is 2. The molecule has 1 aliphatic rings. The minimum atomic E-state index is -0.339. The predicted molar refractivity (Wildman–Crippen MR) is 55.3 cm³/mol. The quantitative estimate of drug-likeness (QED) is 0.643. The Morgan fingerprint density at radius 1 is 1.47 bits per heavy atom. The van der Waals surface area contributed by atoms with Crippen molar-refractivity contribution < 1.29 is 14.3 Å². The zero-order chi connectivity index (χ0) is 11.3. The largest absolute Gasteiger partial charge is 0.385 e. The van der Waals surface area contributed by atoms with E-state index in [-0.39, 0.29) is 24.4 Å². The molecular formula is C10H18N2O3. The fourth-order valence-electron chi connectivity index (χ4n) is 1.62. The Morgan fingerprint density at radius 3 is 2.87 bits per heavy atom. The molecule has 1 fully saturated rings. The molecule has 0 aromatic rings. The van der Waals surface area contributed by atoms with Gasteiger partial charge in [-0.2, -0.15) is 0 Å². The molecule has 0 saturated carbocycles. The van der Waals surface area contributed by atoms with Gasteiger partial charge in [-0.25, -0.2) is 0 Å². The summed E-state index contributed by atoms with van der Waals surface area (Å²) in [7, 11) is 1.65. The normalized spacial score (nSPS) is 21.7. The molecular weight excluding hydrogens is 196 g/mol. The molecule has 0 aliphatic carbocycles. The van der Waals surface area contributed by atoms with Gasteiger partial charge in [-0.05, 0) is 19.8 Å². The first-order valence-corrected chi connectivity index (χ1v) is 5.23. The summed E-state index contributed by atoms with van der Waals surface area (Å²) in [5, 5.41) is 2.56. The first-order chi connectivity index (χ1) is 7.16. The molecule has 0 spiro atoms. The van der Waals surface area contributed by atoms with Gasteiger partial charge in [0.1, 0.15) is 6.04 Å². The van der Waals surface area contributed by atoms with Crippen LogP contribution in [-0.2, 0) is 14.3 Å². The summed E-state index contributed by atoms with van der Waals surface area (Å²) in [6, 6.07) is -0.339. The second-order valence-electron chi connectivity index (χ2n) is 3.68. The number of ether oxygens (including phenoxy) is 1. The zero-order valence-corrected chi connectivity index (χ0v) is 9.28. The molecule has 5 nitrogen and oxygen atoms in total. The lowest BCUT2D eigenvalue weighted by Gasteiger charge is -2.32. The standard InChI is InChI=1S/C10H18N2O3/c1-8-10(14)11-7-9(13)12(8)5-3-4-6-15-2/h8H,3-7H2,1-2H3,(H,11,14). The van der Waals surface area contributed by atoms with Crippen LogP contribution in [-0.4, -0.2) is 49.6 Å². The van der Waals surface area contributed by atoms with E-state index in [1.54, 1.807) is 18.9 Å². The van der Waals surface area contributed by atoms with E-state index in [4.69, 9.17) is 4.74 Å². The van der Waals surface area contributed by atoms with E-state index in [1.807, 2.05) is 0 Å². The average molecular weight is 214 g/mol. The number of amides is 2. The first kappa shape index (κ1) is 12.0. The molecule has 86 valence electrons. The van der Waals surface area contributed by atoms with Crippen LogP contribution in [0.15, 0.2) is 0 Å². The highest BCUT2D eigenvalue weighted by molar-refractivity contribution is 5.94. The van der Waals surface area contributed by atoms with Crippen molar-refractivity contribution in [2.75, 3.05) is 26.8 Å². The molecule has 0 aromatic carbocycles. The van der Waals surface area contributed by atoms with E-state index in [0.717, 1.165) is 12.8 Å². The molecule has 1 aliphatic heterocycles. The van der Waals surface area contributed by atoms with Crippen molar-refractivity contribution in [2.24, 2.45) is 0 Å². The van der Waals surface area contributed by atoms with Crippen LogP contribution < -0.4 is 5.32 Å². The van der Waals surface area contributed by atoms with Crippen LogP contribution in [0, 0.1) is 0 Å². The van der Waals surface area contributed by atoms with Gasteiger partial charge < -0.3 is 15.0 Å². The molecule has 5 heteroatoms. The smallest absolute Gasteiger partial charge is 0.242 e. The fraction of sp³-hybridized carbons (Fsp3) is 0.800. The van der Waals surface area contributed by atoms with Crippen LogP contribution >= 0.6 is 0 Å². The third-order valence-electron chi connectivity index (χ3n) is 2.58. The summed E-state index contributed by atoms with van der Waals surface area (Å²) < 4.78 is 4.92. The van der Waals surface area contributed by atoms with Crippen molar-refractivity contribution in [1.82, 2.24) is 10.2 Å². The molecule has 1 N–H and O–H groups in total.